The lowest BCUT2D eigenvalue weighted by Gasteiger charge is -2.23. The minimum atomic E-state index is -4.34. The highest BCUT2D eigenvalue weighted by Gasteiger charge is 2.26. The molecule has 0 spiro atoms. The molecule has 0 aliphatic carbocycles. The molecule has 0 radical (unpaired) electrons. The Labute approximate surface area is 313 Å². The number of unbranched alkanes of at least 4 members (excludes halogenated alkanes) is 20. The third kappa shape index (κ3) is 36.6. The van der Waals surface area contributed by atoms with E-state index in [9.17, 15) is 19.4 Å². The van der Waals surface area contributed by atoms with Crippen LogP contribution >= 0.6 is 7.82 Å². The van der Waals surface area contributed by atoms with E-state index in [1.165, 1.54) is 96.3 Å². The molecule has 298 valence electrons. The van der Waals surface area contributed by atoms with Crippen LogP contribution in [0, 0.1) is 0 Å². The Bertz CT molecular complexity index is 938. The number of phosphoric ester groups is 1. The van der Waals surface area contributed by atoms with Gasteiger partial charge in [0.1, 0.15) is 0 Å². The average molecular weight is 739 g/mol. The number of carbonyl (C=O) groups is 1. The van der Waals surface area contributed by atoms with Gasteiger partial charge in [-0.3, -0.25) is 13.8 Å². The number of carbonyl (C=O) groups excluding carboxylic acids is 1. The first-order valence-electron chi connectivity index (χ1n) is 20.8. The average Bonchev–Trinajstić information content (AvgIpc) is 3.12. The Morgan fingerprint density at radius 1 is 0.667 bits per heavy atom. The fourth-order valence-corrected chi connectivity index (χ4v) is 6.55. The largest absolute Gasteiger partial charge is 0.472 e. The summed E-state index contributed by atoms with van der Waals surface area (Å²) in [6, 6.07) is -0.875. The second-order valence-electron chi connectivity index (χ2n) is 13.8. The Hall–Kier alpha value is -1.54. The van der Waals surface area contributed by atoms with Gasteiger partial charge in [-0.1, -0.05) is 172 Å². The molecule has 0 fully saturated rings. The molecule has 0 aliphatic heterocycles. The first-order chi connectivity index (χ1) is 24.9. The van der Waals surface area contributed by atoms with Gasteiger partial charge in [0.2, 0.25) is 5.91 Å². The van der Waals surface area contributed by atoms with Crippen LogP contribution in [-0.2, 0) is 18.4 Å². The molecular formula is C42H79N2O6P. The second kappa shape index (κ2) is 38.2. The van der Waals surface area contributed by atoms with Crippen LogP contribution in [0.1, 0.15) is 181 Å². The van der Waals surface area contributed by atoms with Gasteiger partial charge in [0.25, 0.3) is 0 Å². The smallest absolute Gasteiger partial charge is 0.387 e. The highest BCUT2D eigenvalue weighted by atomic mass is 31.2. The van der Waals surface area contributed by atoms with Crippen LogP contribution < -0.4 is 11.1 Å². The maximum atomic E-state index is 12.7. The normalized spacial score (nSPS) is 14.7. The Morgan fingerprint density at radius 3 is 1.67 bits per heavy atom. The van der Waals surface area contributed by atoms with Crippen LogP contribution in [0.4, 0.5) is 0 Å². The van der Waals surface area contributed by atoms with Crippen LogP contribution in [0.2, 0.25) is 0 Å². The number of aliphatic hydroxyl groups is 1. The minimum Gasteiger partial charge on any atom is -0.387 e. The van der Waals surface area contributed by atoms with E-state index in [0.717, 1.165) is 64.2 Å². The van der Waals surface area contributed by atoms with Crippen molar-refractivity contribution in [3.8, 4) is 0 Å². The summed E-state index contributed by atoms with van der Waals surface area (Å²) in [4.78, 5) is 22.6. The third-order valence-corrected chi connectivity index (χ3v) is 9.89. The van der Waals surface area contributed by atoms with Crippen LogP contribution in [0.5, 0.6) is 0 Å². The van der Waals surface area contributed by atoms with Crippen molar-refractivity contribution in [1.82, 2.24) is 5.32 Å². The molecule has 0 saturated carbocycles. The number of hydrogen-bond acceptors (Lipinski definition) is 6. The summed E-state index contributed by atoms with van der Waals surface area (Å²) in [5.41, 5.74) is 5.36. The number of allylic oxidation sites excluding steroid dienone is 7. The molecular weight excluding hydrogens is 659 g/mol. The van der Waals surface area contributed by atoms with Gasteiger partial charge in [-0.15, -0.1) is 0 Å². The van der Waals surface area contributed by atoms with Crippen molar-refractivity contribution in [2.75, 3.05) is 19.8 Å². The fraction of sp³-hybridized carbons (Fsp3) is 0.786. The lowest BCUT2D eigenvalue weighted by molar-refractivity contribution is -0.123. The minimum absolute atomic E-state index is 0.0720. The molecule has 9 heteroatoms. The Morgan fingerprint density at radius 2 is 1.14 bits per heavy atom. The number of hydrogen-bond donors (Lipinski definition) is 4. The van der Waals surface area contributed by atoms with Crippen LogP contribution in [0.15, 0.2) is 48.6 Å². The van der Waals surface area contributed by atoms with Crippen molar-refractivity contribution in [3.05, 3.63) is 48.6 Å². The number of nitrogens with two attached hydrogens (primary N) is 1. The molecule has 0 bridgehead atoms. The summed E-state index contributed by atoms with van der Waals surface area (Å²) in [5, 5.41) is 13.6. The molecule has 5 N–H and O–H groups in total. The van der Waals surface area contributed by atoms with Gasteiger partial charge < -0.3 is 21.1 Å². The fourth-order valence-electron chi connectivity index (χ4n) is 5.79. The van der Waals surface area contributed by atoms with Crippen LogP contribution in [0.25, 0.3) is 0 Å². The van der Waals surface area contributed by atoms with Gasteiger partial charge in [0.15, 0.2) is 0 Å². The van der Waals surface area contributed by atoms with E-state index in [2.05, 4.69) is 55.6 Å². The zero-order chi connectivity index (χ0) is 37.5. The molecule has 51 heavy (non-hydrogen) atoms. The molecule has 0 aromatic heterocycles. The second-order valence-corrected chi connectivity index (χ2v) is 15.3. The van der Waals surface area contributed by atoms with E-state index in [-0.39, 0.29) is 25.7 Å². The molecule has 0 heterocycles. The third-order valence-electron chi connectivity index (χ3n) is 8.91. The molecule has 8 nitrogen and oxygen atoms in total. The van der Waals surface area contributed by atoms with Crippen molar-refractivity contribution >= 4 is 13.7 Å². The number of rotatable bonds is 38. The Balaban J connectivity index is 4.27. The van der Waals surface area contributed by atoms with E-state index in [1.807, 2.05) is 6.08 Å². The van der Waals surface area contributed by atoms with Gasteiger partial charge in [-0.25, -0.2) is 4.57 Å². The van der Waals surface area contributed by atoms with E-state index < -0.39 is 20.0 Å². The lowest BCUT2D eigenvalue weighted by atomic mass is 10.0. The Kier molecular flexibility index (Phi) is 37.0. The summed E-state index contributed by atoms with van der Waals surface area (Å²) < 4.78 is 22.1. The summed E-state index contributed by atoms with van der Waals surface area (Å²) in [6.07, 6.45) is 45.9. The summed E-state index contributed by atoms with van der Waals surface area (Å²) in [6.45, 7) is 3.99. The SMILES string of the molecule is CC/C=C\C/C=C\C/C=C\CCCCCC(=O)NC(COP(=O)(O)OCCN)C(O)/C=C/CCCCCCCCCCCCCCCCCCC. The highest BCUT2D eigenvalue weighted by molar-refractivity contribution is 7.47. The number of nitrogens with one attached hydrogen (secondary N) is 1. The maximum Gasteiger partial charge on any atom is 0.472 e. The van der Waals surface area contributed by atoms with Crippen molar-refractivity contribution in [2.24, 2.45) is 5.73 Å². The molecule has 0 rings (SSSR count). The molecule has 1 amide bonds. The van der Waals surface area contributed by atoms with Crippen LogP contribution in [0.3, 0.4) is 0 Å². The molecule has 0 aliphatic rings. The summed E-state index contributed by atoms with van der Waals surface area (Å²) >= 11 is 0. The van der Waals surface area contributed by atoms with E-state index in [4.69, 9.17) is 14.8 Å². The maximum absolute atomic E-state index is 12.7. The van der Waals surface area contributed by atoms with Crippen molar-refractivity contribution in [1.29, 1.82) is 0 Å². The number of phosphoric acid groups is 1. The van der Waals surface area contributed by atoms with Crippen molar-refractivity contribution < 1.29 is 28.4 Å². The van der Waals surface area contributed by atoms with E-state index in [1.54, 1.807) is 6.08 Å². The quantitative estimate of drug-likeness (QED) is 0.0282. The molecule has 0 aromatic rings. The van der Waals surface area contributed by atoms with E-state index >= 15 is 0 Å². The molecule has 3 unspecified atom stereocenters. The van der Waals surface area contributed by atoms with Crippen molar-refractivity contribution in [3.63, 3.8) is 0 Å². The summed E-state index contributed by atoms with van der Waals surface area (Å²) in [5.74, 6) is -0.224. The standard InChI is InChI=1S/C42H79N2O6P/c1-3-5-7-9-11-13-15-17-18-19-20-21-22-24-25-27-29-31-33-35-41(45)40(39-50-51(47,48)49-38-37-43)44-42(46)36-34-32-30-28-26-23-16-14-12-10-8-6-4-2/h6,8,12,14,23,26,33,35,40-41,45H,3-5,7,9-11,13,15-22,24-25,27-32,34,36-39,43H2,1-2H3,(H,44,46)(H,47,48)/b8-6-,14-12-,26-23-,35-33+. The van der Waals surface area contributed by atoms with Gasteiger partial charge >= 0.3 is 7.82 Å². The van der Waals surface area contributed by atoms with Crippen molar-refractivity contribution in [2.45, 2.75) is 193 Å². The van der Waals surface area contributed by atoms with Gasteiger partial charge in [-0.05, 0) is 51.4 Å². The van der Waals surface area contributed by atoms with Crippen LogP contribution in [-0.4, -0.2) is 47.8 Å². The number of amides is 1. The first kappa shape index (κ1) is 49.5. The monoisotopic (exact) mass is 739 g/mol. The topological polar surface area (TPSA) is 131 Å². The summed E-state index contributed by atoms with van der Waals surface area (Å²) in [7, 11) is -4.34. The molecule has 0 aromatic carbocycles. The zero-order valence-electron chi connectivity index (χ0n) is 32.8. The predicted molar refractivity (Wildman–Crippen MR) is 217 cm³/mol. The first-order valence-corrected chi connectivity index (χ1v) is 22.3. The van der Waals surface area contributed by atoms with Gasteiger partial charge in [0.05, 0.1) is 25.4 Å². The highest BCUT2D eigenvalue weighted by Crippen LogP contribution is 2.43. The van der Waals surface area contributed by atoms with Gasteiger partial charge in [0, 0.05) is 13.0 Å². The predicted octanol–water partition coefficient (Wildman–Crippen LogP) is 11.3. The molecule has 0 saturated heterocycles. The lowest BCUT2D eigenvalue weighted by Crippen LogP contribution is -2.45. The number of aliphatic hydroxyl groups excluding tert-OH is 1. The van der Waals surface area contributed by atoms with Gasteiger partial charge in [-0.2, -0.15) is 0 Å². The molecule has 3 atom stereocenters. The zero-order valence-corrected chi connectivity index (χ0v) is 33.7. The van der Waals surface area contributed by atoms with E-state index in [0.29, 0.717) is 6.42 Å².